The molecule has 3 unspecified atom stereocenters. The maximum absolute atomic E-state index is 12.4. The molecule has 0 aromatic carbocycles. The van der Waals surface area contributed by atoms with Crippen LogP contribution in [0.15, 0.2) is 0 Å². The third-order valence-corrected chi connectivity index (χ3v) is 4.42. The predicted molar refractivity (Wildman–Crippen MR) is 67.1 cm³/mol. The fraction of sp³-hybridized carbons (Fsp3) is 0.846. The third kappa shape index (κ3) is 2.51. The Hall–Kier alpha value is -1.10. The minimum atomic E-state index is -0.812. The number of hydrogen-bond donors (Lipinski definition) is 1. The van der Waals surface area contributed by atoms with Gasteiger partial charge < -0.3 is 14.9 Å². The van der Waals surface area contributed by atoms with Crippen LogP contribution in [0.5, 0.6) is 0 Å². The molecule has 1 heterocycles. The van der Waals surface area contributed by atoms with Gasteiger partial charge in [-0.1, -0.05) is 6.42 Å². The summed E-state index contributed by atoms with van der Waals surface area (Å²) in [6.45, 7) is 4.42. The number of hydrogen-bond acceptors (Lipinski definition) is 3. The summed E-state index contributed by atoms with van der Waals surface area (Å²) >= 11 is 0. The van der Waals surface area contributed by atoms with E-state index in [0.29, 0.717) is 12.5 Å². The van der Waals surface area contributed by atoms with Crippen molar-refractivity contribution in [3.05, 3.63) is 0 Å². The quantitative estimate of drug-likeness (QED) is 0.786. The lowest BCUT2D eigenvalue weighted by Crippen LogP contribution is -2.53. The Morgan fingerprint density at radius 1 is 1.17 bits per heavy atom. The Labute approximate surface area is 108 Å². The largest absolute Gasteiger partial charge is 0.481 e. The molecule has 5 heteroatoms. The van der Waals surface area contributed by atoms with Crippen LogP contribution in [0.2, 0.25) is 0 Å². The molecule has 1 aliphatic carbocycles. The van der Waals surface area contributed by atoms with Gasteiger partial charge in [0.05, 0.1) is 11.8 Å². The molecule has 2 aliphatic rings. The van der Waals surface area contributed by atoms with E-state index in [1.165, 1.54) is 0 Å². The van der Waals surface area contributed by atoms with Gasteiger partial charge in [0.15, 0.2) is 0 Å². The van der Waals surface area contributed by atoms with Gasteiger partial charge in [-0.3, -0.25) is 9.59 Å². The molecule has 3 atom stereocenters. The average Bonchev–Trinajstić information content (AvgIpc) is 2.81. The Morgan fingerprint density at radius 2 is 1.83 bits per heavy atom. The molecule has 1 aliphatic heterocycles. The summed E-state index contributed by atoms with van der Waals surface area (Å²) in [7, 11) is 2.06. The van der Waals surface area contributed by atoms with Crippen LogP contribution in [-0.2, 0) is 9.59 Å². The lowest BCUT2D eigenvalue weighted by molar-refractivity contribution is -0.150. The average molecular weight is 254 g/mol. The maximum Gasteiger partial charge on any atom is 0.307 e. The molecule has 1 saturated carbocycles. The molecule has 2 fully saturated rings. The molecule has 0 aromatic rings. The number of carboxylic acids is 1. The van der Waals surface area contributed by atoms with Gasteiger partial charge in [0.25, 0.3) is 0 Å². The number of carbonyl (C=O) groups excluding carboxylic acids is 1. The van der Waals surface area contributed by atoms with Gasteiger partial charge in [-0.25, -0.2) is 0 Å². The number of carboxylic acid groups (broad SMARTS) is 1. The van der Waals surface area contributed by atoms with Gasteiger partial charge in [-0.05, 0) is 26.8 Å². The van der Waals surface area contributed by atoms with Crippen molar-refractivity contribution in [2.75, 3.05) is 26.7 Å². The van der Waals surface area contributed by atoms with E-state index in [9.17, 15) is 9.59 Å². The number of amides is 1. The van der Waals surface area contributed by atoms with Crippen LogP contribution in [0, 0.1) is 11.8 Å². The standard InChI is InChI=1S/C13H22N2O3/c1-9-8-15(7-6-14(9)2)12(16)10-4-3-5-11(10)13(17)18/h9-11H,3-8H2,1-2H3,(H,17,18). The molecular formula is C13H22N2O3. The first-order valence-electron chi connectivity index (χ1n) is 6.72. The highest BCUT2D eigenvalue weighted by Crippen LogP contribution is 2.33. The van der Waals surface area contributed by atoms with E-state index in [0.717, 1.165) is 32.5 Å². The third-order valence-electron chi connectivity index (χ3n) is 4.42. The van der Waals surface area contributed by atoms with Crippen molar-refractivity contribution in [1.29, 1.82) is 0 Å². The Balaban J connectivity index is 2.01. The summed E-state index contributed by atoms with van der Waals surface area (Å²) in [4.78, 5) is 27.6. The van der Waals surface area contributed by atoms with E-state index >= 15 is 0 Å². The molecule has 2 rings (SSSR count). The van der Waals surface area contributed by atoms with Crippen molar-refractivity contribution in [3.63, 3.8) is 0 Å². The van der Waals surface area contributed by atoms with E-state index < -0.39 is 11.9 Å². The van der Waals surface area contributed by atoms with Gasteiger partial charge >= 0.3 is 5.97 Å². The topological polar surface area (TPSA) is 60.9 Å². The molecule has 102 valence electrons. The minimum Gasteiger partial charge on any atom is -0.481 e. The second-order valence-electron chi connectivity index (χ2n) is 5.60. The Morgan fingerprint density at radius 3 is 2.44 bits per heavy atom. The molecule has 1 saturated heterocycles. The normalized spacial score (nSPS) is 33.7. The number of likely N-dealkylation sites (N-methyl/N-ethyl adjacent to an activating group) is 1. The highest BCUT2D eigenvalue weighted by atomic mass is 16.4. The van der Waals surface area contributed by atoms with Crippen LogP contribution in [-0.4, -0.2) is 59.5 Å². The zero-order valence-electron chi connectivity index (χ0n) is 11.1. The van der Waals surface area contributed by atoms with E-state index in [2.05, 4.69) is 18.9 Å². The van der Waals surface area contributed by atoms with Gasteiger partial charge in [-0.15, -0.1) is 0 Å². The van der Waals surface area contributed by atoms with Gasteiger partial charge in [-0.2, -0.15) is 0 Å². The highest BCUT2D eigenvalue weighted by Gasteiger charge is 2.40. The van der Waals surface area contributed by atoms with E-state index in [1.807, 2.05) is 4.90 Å². The molecule has 0 radical (unpaired) electrons. The van der Waals surface area contributed by atoms with Crippen LogP contribution < -0.4 is 0 Å². The van der Waals surface area contributed by atoms with Crippen LogP contribution in [0.25, 0.3) is 0 Å². The van der Waals surface area contributed by atoms with Crippen molar-refractivity contribution < 1.29 is 14.7 Å². The molecule has 0 aromatic heterocycles. The Kier molecular flexibility index (Phi) is 3.90. The number of nitrogens with zero attached hydrogens (tertiary/aromatic N) is 2. The smallest absolute Gasteiger partial charge is 0.307 e. The summed E-state index contributed by atoms with van der Waals surface area (Å²) in [6, 6.07) is 0.354. The van der Waals surface area contributed by atoms with Crippen molar-refractivity contribution in [2.45, 2.75) is 32.2 Å². The lowest BCUT2D eigenvalue weighted by atomic mass is 9.94. The number of carbonyl (C=O) groups is 2. The summed E-state index contributed by atoms with van der Waals surface area (Å²) in [5, 5.41) is 9.15. The number of piperazine rings is 1. The lowest BCUT2D eigenvalue weighted by Gasteiger charge is -2.39. The highest BCUT2D eigenvalue weighted by molar-refractivity contribution is 5.85. The molecule has 1 N–H and O–H groups in total. The summed E-state index contributed by atoms with van der Waals surface area (Å²) in [5.41, 5.74) is 0. The zero-order chi connectivity index (χ0) is 13.3. The first kappa shape index (κ1) is 13.3. The molecular weight excluding hydrogens is 232 g/mol. The summed E-state index contributed by atoms with van der Waals surface area (Å²) in [5.74, 6) is -1.52. The molecule has 0 bridgehead atoms. The summed E-state index contributed by atoms with van der Waals surface area (Å²) in [6.07, 6.45) is 2.24. The molecule has 1 amide bonds. The predicted octanol–water partition coefficient (Wildman–Crippen LogP) is 0.650. The Bertz CT molecular complexity index is 345. The van der Waals surface area contributed by atoms with Crippen molar-refractivity contribution >= 4 is 11.9 Å². The number of aliphatic carboxylic acids is 1. The van der Waals surface area contributed by atoms with E-state index in [1.54, 1.807) is 0 Å². The van der Waals surface area contributed by atoms with Gasteiger partial charge in [0, 0.05) is 25.7 Å². The number of rotatable bonds is 2. The monoisotopic (exact) mass is 254 g/mol. The van der Waals surface area contributed by atoms with Crippen LogP contribution in [0.1, 0.15) is 26.2 Å². The fourth-order valence-corrected chi connectivity index (χ4v) is 3.03. The maximum atomic E-state index is 12.4. The van der Waals surface area contributed by atoms with Crippen LogP contribution >= 0.6 is 0 Å². The SMILES string of the molecule is CC1CN(C(=O)C2CCCC2C(=O)O)CCN1C. The fourth-order valence-electron chi connectivity index (χ4n) is 3.03. The molecule has 0 spiro atoms. The van der Waals surface area contributed by atoms with Crippen LogP contribution in [0.4, 0.5) is 0 Å². The molecule has 18 heavy (non-hydrogen) atoms. The minimum absolute atomic E-state index is 0.0554. The first-order chi connectivity index (χ1) is 8.50. The summed E-state index contributed by atoms with van der Waals surface area (Å²) < 4.78 is 0. The van der Waals surface area contributed by atoms with Crippen molar-refractivity contribution in [1.82, 2.24) is 9.80 Å². The van der Waals surface area contributed by atoms with E-state index in [-0.39, 0.29) is 11.8 Å². The molecule has 5 nitrogen and oxygen atoms in total. The second kappa shape index (κ2) is 5.26. The van der Waals surface area contributed by atoms with Gasteiger partial charge in [0.1, 0.15) is 0 Å². The second-order valence-corrected chi connectivity index (χ2v) is 5.60. The van der Waals surface area contributed by atoms with Crippen LogP contribution in [0.3, 0.4) is 0 Å². The zero-order valence-corrected chi connectivity index (χ0v) is 11.1. The van der Waals surface area contributed by atoms with E-state index in [4.69, 9.17) is 5.11 Å². The van der Waals surface area contributed by atoms with Crippen molar-refractivity contribution in [2.24, 2.45) is 11.8 Å². The van der Waals surface area contributed by atoms with Crippen molar-refractivity contribution in [3.8, 4) is 0 Å². The first-order valence-corrected chi connectivity index (χ1v) is 6.72. The van der Waals surface area contributed by atoms with Gasteiger partial charge in [0.2, 0.25) is 5.91 Å².